The molecule has 0 amide bonds. The fourth-order valence-electron chi connectivity index (χ4n) is 2.34. The number of hydrogen-bond donors (Lipinski definition) is 3. The quantitative estimate of drug-likeness (QED) is 0.530. The topological polar surface area (TPSA) is 90.6 Å². The predicted molar refractivity (Wildman–Crippen MR) is 91.0 cm³/mol. The molecule has 0 radical (unpaired) electrons. The van der Waals surface area contributed by atoms with Crippen LogP contribution in [0.2, 0.25) is 0 Å². The maximum absolute atomic E-state index is 12.4. The van der Waals surface area contributed by atoms with E-state index in [1.54, 1.807) is 36.4 Å². The molecule has 0 aliphatic carbocycles. The SMILES string of the molecule is O=S(=O)(Nc1cc2c(-c3ccc[nH]3)n[nH]c2s1)c1ccccc1. The summed E-state index contributed by atoms with van der Waals surface area (Å²) in [6.45, 7) is 0. The number of anilines is 1. The van der Waals surface area contributed by atoms with Crippen molar-refractivity contribution in [1.29, 1.82) is 0 Å². The lowest BCUT2D eigenvalue weighted by molar-refractivity contribution is 0.601. The molecular weight excluding hydrogens is 332 g/mol. The summed E-state index contributed by atoms with van der Waals surface area (Å²) in [4.78, 5) is 4.15. The van der Waals surface area contributed by atoms with Gasteiger partial charge in [-0.3, -0.25) is 9.82 Å². The molecule has 0 unspecified atom stereocenters. The van der Waals surface area contributed by atoms with Gasteiger partial charge in [0.25, 0.3) is 10.0 Å². The second kappa shape index (κ2) is 5.25. The van der Waals surface area contributed by atoms with E-state index in [2.05, 4.69) is 19.9 Å². The van der Waals surface area contributed by atoms with Crippen LogP contribution in [0.5, 0.6) is 0 Å². The Morgan fingerprint density at radius 3 is 2.65 bits per heavy atom. The van der Waals surface area contributed by atoms with E-state index < -0.39 is 10.0 Å². The van der Waals surface area contributed by atoms with Crippen LogP contribution in [0.3, 0.4) is 0 Å². The van der Waals surface area contributed by atoms with Gasteiger partial charge in [0.15, 0.2) is 0 Å². The van der Waals surface area contributed by atoms with Gasteiger partial charge < -0.3 is 4.98 Å². The number of H-pyrrole nitrogens is 2. The van der Waals surface area contributed by atoms with Crippen molar-refractivity contribution in [3.63, 3.8) is 0 Å². The van der Waals surface area contributed by atoms with Crippen molar-refractivity contribution in [1.82, 2.24) is 15.2 Å². The fraction of sp³-hybridized carbons (Fsp3) is 0. The minimum absolute atomic E-state index is 0.236. The minimum atomic E-state index is -3.59. The molecule has 4 aromatic rings. The third-order valence-corrected chi connectivity index (χ3v) is 5.86. The summed E-state index contributed by atoms with van der Waals surface area (Å²) >= 11 is 1.31. The number of fused-ring (bicyclic) bond motifs is 1. The van der Waals surface area contributed by atoms with E-state index in [1.807, 2.05) is 18.3 Å². The van der Waals surface area contributed by atoms with Crippen LogP contribution in [0, 0.1) is 0 Å². The summed E-state index contributed by atoms with van der Waals surface area (Å²) in [6, 6.07) is 13.9. The van der Waals surface area contributed by atoms with Gasteiger partial charge in [0.2, 0.25) is 0 Å². The van der Waals surface area contributed by atoms with Gasteiger partial charge in [-0.05, 0) is 30.3 Å². The lowest BCUT2D eigenvalue weighted by atomic mass is 10.2. The van der Waals surface area contributed by atoms with Crippen molar-refractivity contribution in [2.45, 2.75) is 4.90 Å². The highest BCUT2D eigenvalue weighted by Gasteiger charge is 2.17. The molecular formula is C15H12N4O2S2. The number of nitrogens with one attached hydrogen (secondary N) is 3. The maximum atomic E-state index is 12.4. The van der Waals surface area contributed by atoms with E-state index in [0.717, 1.165) is 21.6 Å². The molecule has 0 saturated carbocycles. The first-order valence-corrected chi connectivity index (χ1v) is 9.13. The Morgan fingerprint density at radius 2 is 1.91 bits per heavy atom. The molecule has 8 heteroatoms. The van der Waals surface area contributed by atoms with Gasteiger partial charge >= 0.3 is 0 Å². The van der Waals surface area contributed by atoms with Gasteiger partial charge in [-0.2, -0.15) is 5.10 Å². The Morgan fingerprint density at radius 1 is 1.09 bits per heavy atom. The molecule has 116 valence electrons. The number of aromatic nitrogens is 3. The number of thiophene rings is 1. The van der Waals surface area contributed by atoms with Gasteiger partial charge in [-0.15, -0.1) is 0 Å². The second-order valence-electron chi connectivity index (χ2n) is 4.93. The molecule has 0 aliphatic heterocycles. The van der Waals surface area contributed by atoms with Gasteiger partial charge in [-0.1, -0.05) is 29.5 Å². The molecule has 0 saturated heterocycles. The molecule has 0 spiro atoms. The zero-order valence-corrected chi connectivity index (χ0v) is 13.4. The number of benzene rings is 1. The van der Waals surface area contributed by atoms with Crippen LogP contribution in [-0.2, 0) is 10.0 Å². The number of sulfonamides is 1. The Balaban J connectivity index is 1.71. The highest BCUT2D eigenvalue weighted by Crippen LogP contribution is 2.35. The number of aromatic amines is 2. The van der Waals surface area contributed by atoms with E-state index in [9.17, 15) is 8.42 Å². The largest absolute Gasteiger partial charge is 0.360 e. The summed E-state index contributed by atoms with van der Waals surface area (Å²) in [5.74, 6) is 0. The summed E-state index contributed by atoms with van der Waals surface area (Å²) in [5.41, 5.74) is 1.65. The van der Waals surface area contributed by atoms with Crippen molar-refractivity contribution in [3.8, 4) is 11.4 Å². The maximum Gasteiger partial charge on any atom is 0.262 e. The first-order chi connectivity index (χ1) is 11.1. The second-order valence-corrected chi connectivity index (χ2v) is 7.66. The van der Waals surface area contributed by atoms with Crippen molar-refractivity contribution < 1.29 is 8.42 Å². The van der Waals surface area contributed by atoms with Crippen molar-refractivity contribution in [2.24, 2.45) is 0 Å². The van der Waals surface area contributed by atoms with E-state index in [0.29, 0.717) is 5.00 Å². The zero-order chi connectivity index (χ0) is 15.9. The van der Waals surface area contributed by atoms with Gasteiger partial charge in [0.1, 0.15) is 15.5 Å². The molecule has 0 fully saturated rings. The third-order valence-electron chi connectivity index (χ3n) is 3.40. The molecule has 4 rings (SSSR count). The van der Waals surface area contributed by atoms with Crippen LogP contribution in [-0.4, -0.2) is 23.6 Å². The lowest BCUT2D eigenvalue weighted by Gasteiger charge is -2.05. The van der Waals surface area contributed by atoms with E-state index in [-0.39, 0.29) is 4.90 Å². The van der Waals surface area contributed by atoms with Crippen molar-refractivity contribution in [2.75, 3.05) is 4.72 Å². The van der Waals surface area contributed by atoms with Gasteiger partial charge in [-0.25, -0.2) is 8.42 Å². The van der Waals surface area contributed by atoms with Crippen LogP contribution in [0.15, 0.2) is 59.6 Å². The lowest BCUT2D eigenvalue weighted by Crippen LogP contribution is -2.11. The van der Waals surface area contributed by atoms with E-state index in [4.69, 9.17) is 0 Å². The smallest absolute Gasteiger partial charge is 0.262 e. The molecule has 6 nitrogen and oxygen atoms in total. The summed E-state index contributed by atoms with van der Waals surface area (Å²) < 4.78 is 27.4. The highest BCUT2D eigenvalue weighted by molar-refractivity contribution is 7.93. The first kappa shape index (κ1) is 14.0. The molecule has 0 atom stereocenters. The van der Waals surface area contributed by atoms with E-state index >= 15 is 0 Å². The van der Waals surface area contributed by atoms with Gasteiger partial charge in [0.05, 0.1) is 10.6 Å². The highest BCUT2D eigenvalue weighted by atomic mass is 32.2. The monoisotopic (exact) mass is 344 g/mol. The zero-order valence-electron chi connectivity index (χ0n) is 11.8. The Hall–Kier alpha value is -2.58. The molecule has 3 heterocycles. The summed E-state index contributed by atoms with van der Waals surface area (Å²) in [5, 5.41) is 8.63. The molecule has 0 aliphatic rings. The van der Waals surface area contributed by atoms with Crippen LogP contribution in [0.1, 0.15) is 0 Å². The minimum Gasteiger partial charge on any atom is -0.360 e. The van der Waals surface area contributed by atoms with Gasteiger partial charge in [0, 0.05) is 11.6 Å². The van der Waals surface area contributed by atoms with E-state index in [1.165, 1.54) is 11.3 Å². The fourth-order valence-corrected chi connectivity index (χ4v) is 4.55. The Bertz CT molecular complexity index is 1050. The average molecular weight is 344 g/mol. The normalized spacial score (nSPS) is 11.8. The number of nitrogens with zero attached hydrogens (tertiary/aromatic N) is 1. The van der Waals surface area contributed by atoms with Crippen molar-refractivity contribution >= 4 is 36.6 Å². The van der Waals surface area contributed by atoms with Crippen LogP contribution < -0.4 is 4.72 Å². The van der Waals surface area contributed by atoms with Crippen LogP contribution in [0.4, 0.5) is 5.00 Å². The average Bonchev–Trinajstić information content (AvgIpc) is 3.24. The number of rotatable bonds is 4. The summed E-state index contributed by atoms with van der Waals surface area (Å²) in [6.07, 6.45) is 1.82. The molecule has 1 aromatic carbocycles. The summed E-state index contributed by atoms with van der Waals surface area (Å²) in [7, 11) is -3.59. The number of hydrogen-bond acceptors (Lipinski definition) is 4. The van der Waals surface area contributed by atoms with Crippen LogP contribution in [0.25, 0.3) is 21.6 Å². The Kier molecular flexibility index (Phi) is 3.21. The standard InChI is InChI=1S/C15H12N4O2S2/c20-23(21,10-5-2-1-3-6-10)19-13-9-11-14(12-7-4-8-16-12)17-18-15(11)22-13/h1-9,16,19H,(H,17,18). The molecule has 0 bridgehead atoms. The molecule has 3 aromatic heterocycles. The molecule has 23 heavy (non-hydrogen) atoms. The first-order valence-electron chi connectivity index (χ1n) is 6.83. The Labute approximate surface area is 136 Å². The van der Waals surface area contributed by atoms with Crippen LogP contribution >= 0.6 is 11.3 Å². The predicted octanol–water partition coefficient (Wildman–Crippen LogP) is 3.42. The third kappa shape index (κ3) is 2.51. The molecule has 3 N–H and O–H groups in total. The van der Waals surface area contributed by atoms with Crippen molar-refractivity contribution in [3.05, 3.63) is 54.7 Å².